The molecule has 0 aliphatic heterocycles. The lowest BCUT2D eigenvalue weighted by Gasteiger charge is -2.17. The lowest BCUT2D eigenvalue weighted by molar-refractivity contribution is -0.137. The minimum atomic E-state index is -4.36. The fourth-order valence-corrected chi connectivity index (χ4v) is 1.60. The zero-order valence-corrected chi connectivity index (χ0v) is 9.64. The molecule has 1 N–H and O–H groups in total. The first kappa shape index (κ1) is 13.5. The van der Waals surface area contributed by atoms with E-state index in [-0.39, 0.29) is 11.9 Å². The molecule has 1 unspecified atom stereocenters. The van der Waals surface area contributed by atoms with Crippen molar-refractivity contribution in [1.29, 1.82) is 0 Å². The standard InChI is InChI=1S/C12H14F3NO/c1-3-11(16-8(2)17)9-5-4-6-10(7-9)12(13,14)15/h4-7,11H,3H2,1-2H3,(H,16,17). The molecule has 1 aromatic carbocycles. The lowest BCUT2D eigenvalue weighted by atomic mass is 10.0. The largest absolute Gasteiger partial charge is 0.416 e. The highest BCUT2D eigenvalue weighted by Gasteiger charge is 2.30. The molecule has 0 aromatic heterocycles. The minimum Gasteiger partial charge on any atom is -0.350 e. The van der Waals surface area contributed by atoms with Crippen LogP contribution in [0.5, 0.6) is 0 Å². The van der Waals surface area contributed by atoms with Crippen LogP contribution in [0.2, 0.25) is 0 Å². The molecule has 0 radical (unpaired) electrons. The number of benzene rings is 1. The van der Waals surface area contributed by atoms with Crippen LogP contribution in [0.15, 0.2) is 24.3 Å². The van der Waals surface area contributed by atoms with E-state index in [0.29, 0.717) is 12.0 Å². The number of amides is 1. The molecule has 1 amide bonds. The highest BCUT2D eigenvalue weighted by Crippen LogP contribution is 2.31. The van der Waals surface area contributed by atoms with Gasteiger partial charge in [-0.25, -0.2) is 0 Å². The van der Waals surface area contributed by atoms with Crippen LogP contribution in [0.1, 0.15) is 37.4 Å². The second-order valence-corrected chi connectivity index (χ2v) is 3.78. The van der Waals surface area contributed by atoms with Crippen molar-refractivity contribution < 1.29 is 18.0 Å². The van der Waals surface area contributed by atoms with Crippen LogP contribution < -0.4 is 5.32 Å². The quantitative estimate of drug-likeness (QED) is 0.869. The van der Waals surface area contributed by atoms with E-state index in [1.54, 1.807) is 13.0 Å². The first-order chi connectivity index (χ1) is 7.84. The zero-order valence-electron chi connectivity index (χ0n) is 9.64. The summed E-state index contributed by atoms with van der Waals surface area (Å²) in [6.45, 7) is 3.15. The van der Waals surface area contributed by atoms with Crippen molar-refractivity contribution in [3.8, 4) is 0 Å². The topological polar surface area (TPSA) is 29.1 Å². The third-order valence-electron chi connectivity index (χ3n) is 2.40. The van der Waals surface area contributed by atoms with Gasteiger partial charge in [0.25, 0.3) is 0 Å². The van der Waals surface area contributed by atoms with Crippen molar-refractivity contribution in [2.75, 3.05) is 0 Å². The second-order valence-electron chi connectivity index (χ2n) is 3.78. The monoisotopic (exact) mass is 245 g/mol. The molecular formula is C12H14F3NO. The van der Waals surface area contributed by atoms with Gasteiger partial charge in [-0.05, 0) is 24.1 Å². The summed E-state index contributed by atoms with van der Waals surface area (Å²) in [4.78, 5) is 10.9. The number of hydrogen-bond acceptors (Lipinski definition) is 1. The average Bonchev–Trinajstić information content (AvgIpc) is 2.24. The average molecular weight is 245 g/mol. The van der Waals surface area contributed by atoms with Crippen LogP contribution >= 0.6 is 0 Å². The van der Waals surface area contributed by atoms with E-state index in [2.05, 4.69) is 5.32 Å². The van der Waals surface area contributed by atoms with Gasteiger partial charge in [0, 0.05) is 6.92 Å². The summed E-state index contributed by atoms with van der Waals surface area (Å²) in [6.07, 6.45) is -3.81. The molecule has 0 bridgehead atoms. The van der Waals surface area contributed by atoms with Crippen molar-refractivity contribution >= 4 is 5.91 Å². The Kier molecular flexibility index (Phi) is 4.15. The Morgan fingerprint density at radius 3 is 2.53 bits per heavy atom. The van der Waals surface area contributed by atoms with Crippen LogP contribution in [0, 0.1) is 0 Å². The molecule has 1 rings (SSSR count). The minimum absolute atomic E-state index is 0.255. The van der Waals surface area contributed by atoms with Gasteiger partial charge in [0.15, 0.2) is 0 Å². The molecule has 1 aromatic rings. The maximum atomic E-state index is 12.5. The predicted molar refractivity (Wildman–Crippen MR) is 58.3 cm³/mol. The molecule has 0 saturated heterocycles. The van der Waals surface area contributed by atoms with Crippen molar-refractivity contribution in [3.63, 3.8) is 0 Å². The van der Waals surface area contributed by atoms with Crippen molar-refractivity contribution in [2.45, 2.75) is 32.5 Å². The molecule has 0 heterocycles. The van der Waals surface area contributed by atoms with E-state index in [1.165, 1.54) is 13.0 Å². The summed E-state index contributed by atoms with van der Waals surface area (Å²) in [5.74, 6) is -0.255. The number of halogens is 3. The molecule has 2 nitrogen and oxygen atoms in total. The van der Waals surface area contributed by atoms with Gasteiger partial charge < -0.3 is 5.32 Å². The molecule has 0 aliphatic rings. The molecule has 1 atom stereocenters. The Bertz CT molecular complexity index is 401. The molecule has 5 heteroatoms. The van der Waals surface area contributed by atoms with Crippen molar-refractivity contribution in [1.82, 2.24) is 5.32 Å². The zero-order chi connectivity index (χ0) is 13.1. The van der Waals surface area contributed by atoms with E-state index < -0.39 is 11.7 Å². The van der Waals surface area contributed by atoms with Crippen LogP contribution in [-0.2, 0) is 11.0 Å². The number of carbonyl (C=O) groups is 1. The van der Waals surface area contributed by atoms with E-state index in [1.807, 2.05) is 0 Å². The van der Waals surface area contributed by atoms with Crippen molar-refractivity contribution in [2.24, 2.45) is 0 Å². The van der Waals surface area contributed by atoms with Gasteiger partial charge in [0.2, 0.25) is 5.91 Å². The van der Waals surface area contributed by atoms with Gasteiger partial charge in [0.05, 0.1) is 11.6 Å². The third-order valence-corrected chi connectivity index (χ3v) is 2.40. The number of carbonyl (C=O) groups excluding carboxylic acids is 1. The number of hydrogen-bond donors (Lipinski definition) is 1. The van der Waals surface area contributed by atoms with Gasteiger partial charge in [-0.15, -0.1) is 0 Å². The summed E-state index contributed by atoms with van der Waals surface area (Å²) in [6, 6.07) is 4.64. The first-order valence-electron chi connectivity index (χ1n) is 5.29. The smallest absolute Gasteiger partial charge is 0.350 e. The fraction of sp³-hybridized carbons (Fsp3) is 0.417. The molecule has 17 heavy (non-hydrogen) atoms. The normalized spacial score (nSPS) is 13.2. The Balaban J connectivity index is 3.01. The molecule has 0 aliphatic carbocycles. The summed E-state index contributed by atoms with van der Waals surface area (Å²) in [7, 11) is 0. The van der Waals surface area contributed by atoms with E-state index in [0.717, 1.165) is 12.1 Å². The SMILES string of the molecule is CCC(NC(C)=O)c1cccc(C(F)(F)F)c1. The summed E-state index contributed by atoms with van der Waals surface area (Å²) in [5, 5.41) is 2.62. The summed E-state index contributed by atoms with van der Waals surface area (Å²) < 4.78 is 37.5. The van der Waals surface area contributed by atoms with Crippen LogP contribution in [0.25, 0.3) is 0 Å². The van der Waals surface area contributed by atoms with E-state index in [4.69, 9.17) is 0 Å². The Morgan fingerprint density at radius 2 is 2.06 bits per heavy atom. The maximum Gasteiger partial charge on any atom is 0.416 e. The van der Waals surface area contributed by atoms with E-state index in [9.17, 15) is 18.0 Å². The summed E-state index contributed by atoms with van der Waals surface area (Å²) >= 11 is 0. The molecular weight excluding hydrogens is 231 g/mol. The first-order valence-corrected chi connectivity index (χ1v) is 5.29. The van der Waals surface area contributed by atoms with Crippen LogP contribution in [-0.4, -0.2) is 5.91 Å². The highest BCUT2D eigenvalue weighted by atomic mass is 19.4. The summed E-state index contributed by atoms with van der Waals surface area (Å²) in [5.41, 5.74) is -0.226. The maximum absolute atomic E-state index is 12.5. The molecule has 94 valence electrons. The Labute approximate surface area is 97.8 Å². The number of alkyl halides is 3. The fourth-order valence-electron chi connectivity index (χ4n) is 1.60. The number of rotatable bonds is 3. The van der Waals surface area contributed by atoms with Gasteiger partial charge in [-0.2, -0.15) is 13.2 Å². The molecule has 0 saturated carbocycles. The second kappa shape index (κ2) is 5.21. The van der Waals surface area contributed by atoms with E-state index >= 15 is 0 Å². The van der Waals surface area contributed by atoms with Crippen molar-refractivity contribution in [3.05, 3.63) is 35.4 Å². The van der Waals surface area contributed by atoms with Gasteiger partial charge >= 0.3 is 6.18 Å². The molecule has 0 spiro atoms. The predicted octanol–water partition coefficient (Wildman–Crippen LogP) is 3.29. The lowest BCUT2D eigenvalue weighted by Crippen LogP contribution is -2.25. The number of nitrogens with one attached hydrogen (secondary N) is 1. The van der Waals surface area contributed by atoms with Gasteiger partial charge in [-0.1, -0.05) is 19.1 Å². The Hall–Kier alpha value is -1.52. The van der Waals surface area contributed by atoms with Gasteiger partial charge in [-0.3, -0.25) is 4.79 Å². The van der Waals surface area contributed by atoms with Crippen LogP contribution in [0.4, 0.5) is 13.2 Å². The molecule has 0 fully saturated rings. The van der Waals surface area contributed by atoms with Gasteiger partial charge in [0.1, 0.15) is 0 Å². The third kappa shape index (κ3) is 3.76. The highest BCUT2D eigenvalue weighted by molar-refractivity contribution is 5.73. The Morgan fingerprint density at radius 1 is 1.41 bits per heavy atom. The van der Waals surface area contributed by atoms with Crippen LogP contribution in [0.3, 0.4) is 0 Å².